The molecule has 36 heavy (non-hydrogen) atoms. The van der Waals surface area contributed by atoms with Crippen molar-refractivity contribution in [3.8, 4) is 0 Å². The van der Waals surface area contributed by atoms with Crippen LogP contribution in [-0.4, -0.2) is 43.9 Å². The maximum atomic E-state index is 13.9. The zero-order chi connectivity index (χ0) is 25.9. The zero-order valence-electron chi connectivity index (χ0n) is 19.4. The topological polar surface area (TPSA) is 118 Å². The molecule has 0 aliphatic carbocycles. The predicted octanol–water partition coefficient (Wildman–Crippen LogP) is 4.10. The summed E-state index contributed by atoms with van der Waals surface area (Å²) in [5.74, 6) is -1.16. The van der Waals surface area contributed by atoms with E-state index in [1.54, 1.807) is 24.5 Å². The van der Waals surface area contributed by atoms with Crippen molar-refractivity contribution in [2.45, 2.75) is 34.6 Å². The number of rotatable bonds is 7. The molecule has 1 fully saturated rings. The Kier molecular flexibility index (Phi) is 7.84. The lowest BCUT2D eigenvalue weighted by atomic mass is 9.80. The monoisotopic (exact) mass is 549 g/mol. The van der Waals surface area contributed by atoms with Crippen LogP contribution in [0.15, 0.2) is 69.7 Å². The number of hydrogen-bond donors (Lipinski definition) is 2. The average Bonchev–Trinajstić information content (AvgIpc) is 2.86. The fraction of sp³-hybridized carbons (Fsp3) is 0.292. The molecular formula is C24H25ClFN5O3S2. The Morgan fingerprint density at radius 2 is 1.89 bits per heavy atom. The minimum absolute atomic E-state index is 0.0479. The molecule has 8 nitrogen and oxygen atoms in total. The van der Waals surface area contributed by atoms with E-state index in [2.05, 4.69) is 21.8 Å². The number of benzene rings is 2. The third kappa shape index (κ3) is 5.80. The van der Waals surface area contributed by atoms with E-state index in [4.69, 9.17) is 17.3 Å². The van der Waals surface area contributed by atoms with E-state index in [-0.39, 0.29) is 16.0 Å². The molecule has 3 N–H and O–H groups in total. The number of sulfonamides is 1. The van der Waals surface area contributed by atoms with E-state index in [1.807, 2.05) is 4.72 Å². The summed E-state index contributed by atoms with van der Waals surface area (Å²) >= 11 is 7.63. The first-order chi connectivity index (χ1) is 17.1. The fourth-order valence-electron chi connectivity index (χ4n) is 3.78. The lowest BCUT2D eigenvalue weighted by molar-refractivity contribution is 0.0981. The van der Waals surface area contributed by atoms with Crippen molar-refractivity contribution < 1.29 is 17.6 Å². The number of carbonyl (C=O) groups is 1. The van der Waals surface area contributed by atoms with Crippen LogP contribution in [0.5, 0.6) is 0 Å². The Labute approximate surface area is 218 Å². The number of nitrogens with two attached hydrogens (primary N) is 1. The van der Waals surface area contributed by atoms with Gasteiger partial charge in [-0.1, -0.05) is 48.5 Å². The van der Waals surface area contributed by atoms with Gasteiger partial charge in [-0.05, 0) is 49.1 Å². The van der Waals surface area contributed by atoms with E-state index in [9.17, 15) is 17.6 Å². The number of anilines is 1. The molecule has 1 saturated heterocycles. The van der Waals surface area contributed by atoms with Crippen molar-refractivity contribution in [3.63, 3.8) is 0 Å². The number of nitrogens with one attached hydrogen (secondary N) is 1. The van der Waals surface area contributed by atoms with Crippen LogP contribution in [0.3, 0.4) is 0 Å². The Hall–Kier alpha value is -2.73. The zero-order valence-corrected chi connectivity index (χ0v) is 21.8. The first kappa shape index (κ1) is 26.3. The molecule has 0 atom stereocenters. The standard InChI is InChI=1S/C24H25ClFN5O3S2/c1-24(15-27)9-11-31(12-10-24)20-13-29-21(14-28-20)35-18-7-4-5-16(22(18)25)23(32)30-36(33,34)19-8-3-2-6-17(19)26/h2-8,13-14H,9-12,15,27H2,1H3,(H,30,32). The van der Waals surface area contributed by atoms with E-state index in [1.165, 1.54) is 30.0 Å². The van der Waals surface area contributed by atoms with Gasteiger partial charge in [0, 0.05) is 18.0 Å². The number of aromatic nitrogens is 2. The molecule has 1 aliphatic heterocycles. The van der Waals surface area contributed by atoms with Crippen molar-refractivity contribution >= 4 is 45.1 Å². The van der Waals surface area contributed by atoms with Crippen LogP contribution in [0.1, 0.15) is 30.1 Å². The van der Waals surface area contributed by atoms with Crippen molar-refractivity contribution in [3.05, 3.63) is 71.3 Å². The second-order valence-corrected chi connectivity index (χ2v) is 11.9. The largest absolute Gasteiger partial charge is 0.355 e. The van der Waals surface area contributed by atoms with Gasteiger partial charge in [-0.25, -0.2) is 27.5 Å². The smallest absolute Gasteiger partial charge is 0.267 e. The lowest BCUT2D eigenvalue weighted by Crippen LogP contribution is -2.42. The SMILES string of the molecule is CC1(CN)CCN(c2cnc(Sc3cccc(C(=O)NS(=O)(=O)c4ccccc4F)c3Cl)cn2)CC1. The van der Waals surface area contributed by atoms with E-state index >= 15 is 0 Å². The molecule has 1 aromatic heterocycles. The molecule has 190 valence electrons. The molecule has 0 saturated carbocycles. The molecule has 0 spiro atoms. The number of hydrogen-bond acceptors (Lipinski definition) is 8. The third-order valence-corrected chi connectivity index (χ3v) is 9.04. The highest BCUT2D eigenvalue weighted by Gasteiger charge is 2.29. The first-order valence-corrected chi connectivity index (χ1v) is 13.8. The summed E-state index contributed by atoms with van der Waals surface area (Å²) in [6.45, 7) is 4.57. The summed E-state index contributed by atoms with van der Waals surface area (Å²) in [6.07, 6.45) is 5.29. The normalized spacial score (nSPS) is 15.5. The van der Waals surface area contributed by atoms with Crippen LogP contribution in [0.2, 0.25) is 5.02 Å². The molecule has 0 radical (unpaired) electrons. The highest BCUT2D eigenvalue weighted by atomic mass is 35.5. The van der Waals surface area contributed by atoms with Crippen LogP contribution >= 0.6 is 23.4 Å². The van der Waals surface area contributed by atoms with Gasteiger partial charge >= 0.3 is 0 Å². The van der Waals surface area contributed by atoms with E-state index < -0.39 is 26.6 Å². The predicted molar refractivity (Wildman–Crippen MR) is 137 cm³/mol. The minimum atomic E-state index is -4.43. The first-order valence-electron chi connectivity index (χ1n) is 11.2. The molecule has 0 unspecified atom stereocenters. The molecule has 4 rings (SSSR count). The highest BCUT2D eigenvalue weighted by Crippen LogP contribution is 2.35. The average molecular weight is 550 g/mol. The molecule has 3 aromatic rings. The van der Waals surface area contributed by atoms with Gasteiger partial charge in [0.2, 0.25) is 0 Å². The van der Waals surface area contributed by atoms with Crippen LogP contribution < -0.4 is 15.4 Å². The van der Waals surface area contributed by atoms with E-state index in [0.717, 1.165) is 43.9 Å². The van der Waals surface area contributed by atoms with Crippen LogP contribution in [0.25, 0.3) is 0 Å². The molecule has 1 amide bonds. The maximum Gasteiger partial charge on any atom is 0.267 e. The molecular weight excluding hydrogens is 525 g/mol. The van der Waals surface area contributed by atoms with Crippen LogP contribution in [0.4, 0.5) is 10.2 Å². The van der Waals surface area contributed by atoms with Crippen molar-refractivity contribution in [1.29, 1.82) is 0 Å². The van der Waals surface area contributed by atoms with Gasteiger partial charge in [0.05, 0.1) is 23.0 Å². The summed E-state index contributed by atoms with van der Waals surface area (Å²) in [5.41, 5.74) is 5.98. The minimum Gasteiger partial charge on any atom is -0.355 e. The summed E-state index contributed by atoms with van der Waals surface area (Å²) < 4.78 is 40.8. The number of halogens is 2. The van der Waals surface area contributed by atoms with Gasteiger partial charge < -0.3 is 10.6 Å². The fourth-order valence-corrected chi connectivity index (χ4v) is 5.93. The molecule has 2 aromatic carbocycles. The van der Waals surface area contributed by atoms with Crippen molar-refractivity contribution in [1.82, 2.24) is 14.7 Å². The highest BCUT2D eigenvalue weighted by molar-refractivity contribution is 7.99. The van der Waals surface area contributed by atoms with Crippen molar-refractivity contribution in [2.24, 2.45) is 11.1 Å². The Bertz CT molecular complexity index is 1360. The summed E-state index contributed by atoms with van der Waals surface area (Å²) in [5, 5.41) is 0.604. The summed E-state index contributed by atoms with van der Waals surface area (Å²) in [4.78, 5) is 23.7. The maximum absolute atomic E-state index is 13.9. The second-order valence-electron chi connectivity index (χ2n) is 8.80. The Morgan fingerprint density at radius 1 is 1.17 bits per heavy atom. The Morgan fingerprint density at radius 3 is 2.53 bits per heavy atom. The number of nitrogens with zero attached hydrogens (tertiary/aromatic N) is 3. The number of amides is 1. The molecule has 1 aliphatic rings. The van der Waals surface area contributed by atoms with Gasteiger partial charge in [0.15, 0.2) is 0 Å². The third-order valence-electron chi connectivity index (χ3n) is 6.18. The lowest BCUT2D eigenvalue weighted by Gasteiger charge is -2.39. The molecule has 0 bridgehead atoms. The van der Waals surface area contributed by atoms with Crippen molar-refractivity contribution in [2.75, 3.05) is 24.5 Å². The van der Waals surface area contributed by atoms with Crippen LogP contribution in [-0.2, 0) is 10.0 Å². The van der Waals surface area contributed by atoms with E-state index in [0.29, 0.717) is 16.5 Å². The van der Waals surface area contributed by atoms with Gasteiger partial charge in [-0.15, -0.1) is 0 Å². The summed E-state index contributed by atoms with van der Waals surface area (Å²) in [6, 6.07) is 9.43. The van der Waals surface area contributed by atoms with Crippen LogP contribution in [0, 0.1) is 11.2 Å². The summed E-state index contributed by atoms with van der Waals surface area (Å²) in [7, 11) is -4.43. The van der Waals surface area contributed by atoms with Gasteiger partial charge in [0.1, 0.15) is 21.6 Å². The Balaban J connectivity index is 1.46. The molecule has 2 heterocycles. The van der Waals surface area contributed by atoms with Gasteiger partial charge in [-0.2, -0.15) is 0 Å². The molecule has 12 heteroatoms. The quantitative estimate of drug-likeness (QED) is 0.452. The second kappa shape index (κ2) is 10.7. The number of piperidine rings is 1. The van der Waals surface area contributed by atoms with Gasteiger partial charge in [-0.3, -0.25) is 4.79 Å². The van der Waals surface area contributed by atoms with Gasteiger partial charge in [0.25, 0.3) is 15.9 Å². The number of carbonyl (C=O) groups excluding carboxylic acids is 1.